The maximum atomic E-state index is 13.6. The lowest BCUT2D eigenvalue weighted by Gasteiger charge is -2.23. The van der Waals surface area contributed by atoms with E-state index in [-0.39, 0.29) is 11.9 Å². The molecule has 3 aromatic rings. The van der Waals surface area contributed by atoms with Crippen LogP contribution >= 0.6 is 0 Å². The van der Waals surface area contributed by atoms with Gasteiger partial charge in [-0.3, -0.25) is 0 Å². The van der Waals surface area contributed by atoms with Crippen LogP contribution in [0.3, 0.4) is 0 Å². The Bertz CT molecular complexity index is 898. The fourth-order valence-electron chi connectivity index (χ4n) is 2.87. The highest BCUT2D eigenvalue weighted by molar-refractivity contribution is 5.77. The van der Waals surface area contributed by atoms with Gasteiger partial charge in [0.1, 0.15) is 11.9 Å². The van der Waals surface area contributed by atoms with Gasteiger partial charge < -0.3 is 5.32 Å². The summed E-state index contributed by atoms with van der Waals surface area (Å²) in [4.78, 5) is 0. The molecular weight excluding hydrogens is 305 g/mol. The van der Waals surface area contributed by atoms with E-state index in [1.54, 1.807) is 10.7 Å². The minimum absolute atomic E-state index is 0.257. The topological polar surface area (TPSA) is 55.6 Å². The molecule has 1 aromatic heterocycles. The van der Waals surface area contributed by atoms with Crippen molar-refractivity contribution in [1.29, 1.82) is 0 Å². The van der Waals surface area contributed by atoms with E-state index in [0.717, 1.165) is 23.2 Å². The molecule has 6 heteroatoms. The van der Waals surface area contributed by atoms with Crippen molar-refractivity contribution in [3.05, 3.63) is 77.1 Å². The number of aromatic nitrogens is 4. The molecule has 4 rings (SSSR count). The first-order valence-electron chi connectivity index (χ1n) is 7.86. The predicted octanol–water partition coefficient (Wildman–Crippen LogP) is 3.43. The number of fused-ring (bicyclic) bond motifs is 1. The quantitative estimate of drug-likeness (QED) is 0.803. The van der Waals surface area contributed by atoms with Gasteiger partial charge in [0.05, 0.1) is 0 Å². The van der Waals surface area contributed by atoms with Crippen LogP contribution in [0.4, 0.5) is 10.3 Å². The standard InChI is InChI=1S/C18H16FN5/c1-2-12-6-8-13(9-7-12)16-11-17(14-4-3-5-15(19)10-14)24-18(20-16)21-22-23-24/h3-11,17H,2H2,1H3,(H,20,21,23)/t17-/m1/s1. The van der Waals surface area contributed by atoms with Gasteiger partial charge in [0.2, 0.25) is 5.95 Å². The Kier molecular flexibility index (Phi) is 3.57. The van der Waals surface area contributed by atoms with E-state index in [1.807, 2.05) is 12.1 Å². The van der Waals surface area contributed by atoms with Crippen molar-refractivity contribution < 1.29 is 4.39 Å². The van der Waals surface area contributed by atoms with Gasteiger partial charge in [0, 0.05) is 5.70 Å². The highest BCUT2D eigenvalue weighted by Gasteiger charge is 2.24. The maximum absolute atomic E-state index is 13.6. The lowest BCUT2D eigenvalue weighted by molar-refractivity contribution is 0.576. The van der Waals surface area contributed by atoms with Crippen molar-refractivity contribution in [3.8, 4) is 0 Å². The second kappa shape index (κ2) is 5.88. The molecule has 0 saturated heterocycles. The molecule has 0 aliphatic carbocycles. The zero-order valence-corrected chi connectivity index (χ0v) is 13.1. The summed E-state index contributed by atoms with van der Waals surface area (Å²) < 4.78 is 15.3. The first-order valence-corrected chi connectivity index (χ1v) is 7.86. The van der Waals surface area contributed by atoms with E-state index < -0.39 is 0 Å². The molecule has 1 atom stereocenters. The number of hydrogen-bond donors (Lipinski definition) is 1. The first kappa shape index (κ1) is 14.6. The second-order valence-electron chi connectivity index (χ2n) is 5.70. The van der Waals surface area contributed by atoms with Crippen LogP contribution in [0.5, 0.6) is 0 Å². The molecule has 0 spiro atoms. The third-order valence-corrected chi connectivity index (χ3v) is 4.19. The molecule has 24 heavy (non-hydrogen) atoms. The molecule has 5 nitrogen and oxygen atoms in total. The second-order valence-corrected chi connectivity index (χ2v) is 5.70. The molecule has 0 radical (unpaired) electrons. The summed E-state index contributed by atoms with van der Waals surface area (Å²) in [5, 5.41) is 15.0. The highest BCUT2D eigenvalue weighted by atomic mass is 19.1. The number of nitrogens with zero attached hydrogens (tertiary/aromatic N) is 4. The summed E-state index contributed by atoms with van der Waals surface area (Å²) in [6.45, 7) is 2.13. The van der Waals surface area contributed by atoms with Gasteiger partial charge in [-0.15, -0.1) is 0 Å². The first-order chi connectivity index (χ1) is 11.7. The molecule has 0 fully saturated rings. The van der Waals surface area contributed by atoms with Gasteiger partial charge in [-0.2, -0.15) is 4.68 Å². The summed E-state index contributed by atoms with van der Waals surface area (Å²) >= 11 is 0. The molecule has 0 saturated carbocycles. The van der Waals surface area contributed by atoms with Gasteiger partial charge in [-0.1, -0.05) is 48.4 Å². The zero-order chi connectivity index (χ0) is 16.5. The number of benzene rings is 2. The molecule has 0 amide bonds. The molecule has 0 bridgehead atoms. The van der Waals surface area contributed by atoms with E-state index in [4.69, 9.17) is 0 Å². The molecule has 120 valence electrons. The van der Waals surface area contributed by atoms with Crippen LogP contribution in [0.25, 0.3) is 5.70 Å². The molecule has 0 unspecified atom stereocenters. The number of tetrazole rings is 1. The number of allylic oxidation sites excluding steroid dienone is 1. The minimum Gasteiger partial charge on any atom is -0.323 e. The molecular formula is C18H16FN5. The minimum atomic E-state index is -0.275. The summed E-state index contributed by atoms with van der Waals surface area (Å²) in [6.07, 6.45) is 3.01. The summed E-state index contributed by atoms with van der Waals surface area (Å²) in [6, 6.07) is 14.6. The monoisotopic (exact) mass is 321 g/mol. The Morgan fingerprint density at radius 1 is 1.17 bits per heavy atom. The van der Waals surface area contributed by atoms with Crippen LogP contribution in [0.2, 0.25) is 0 Å². The Morgan fingerprint density at radius 2 is 2.00 bits per heavy atom. The largest absolute Gasteiger partial charge is 0.323 e. The fourth-order valence-corrected chi connectivity index (χ4v) is 2.87. The van der Waals surface area contributed by atoms with Crippen molar-refractivity contribution >= 4 is 11.6 Å². The Balaban J connectivity index is 1.78. The summed E-state index contributed by atoms with van der Waals surface area (Å²) in [5.74, 6) is 0.268. The van der Waals surface area contributed by atoms with Crippen LogP contribution in [0.1, 0.15) is 29.7 Å². The van der Waals surface area contributed by atoms with Crippen LogP contribution in [-0.2, 0) is 6.42 Å². The number of hydrogen-bond acceptors (Lipinski definition) is 4. The maximum Gasteiger partial charge on any atom is 0.248 e. The average molecular weight is 321 g/mol. The number of aryl methyl sites for hydroxylation is 1. The lowest BCUT2D eigenvalue weighted by atomic mass is 10.0. The predicted molar refractivity (Wildman–Crippen MR) is 89.8 cm³/mol. The van der Waals surface area contributed by atoms with Crippen LogP contribution in [0, 0.1) is 5.82 Å². The van der Waals surface area contributed by atoms with Crippen LogP contribution in [0.15, 0.2) is 54.6 Å². The van der Waals surface area contributed by atoms with Crippen LogP contribution in [-0.4, -0.2) is 20.2 Å². The fraction of sp³-hybridized carbons (Fsp3) is 0.167. The summed E-state index contributed by atoms with van der Waals surface area (Å²) in [7, 11) is 0. The van der Waals surface area contributed by atoms with Crippen molar-refractivity contribution in [2.75, 3.05) is 5.32 Å². The number of rotatable bonds is 3. The Morgan fingerprint density at radius 3 is 2.75 bits per heavy atom. The number of anilines is 1. The summed E-state index contributed by atoms with van der Waals surface area (Å²) in [5.41, 5.74) is 4.03. The van der Waals surface area contributed by atoms with E-state index >= 15 is 0 Å². The molecule has 2 heterocycles. The Labute approximate surface area is 138 Å². The van der Waals surface area contributed by atoms with Crippen molar-refractivity contribution in [1.82, 2.24) is 20.2 Å². The lowest BCUT2D eigenvalue weighted by Crippen LogP contribution is -2.20. The third-order valence-electron chi connectivity index (χ3n) is 4.19. The normalized spacial score (nSPS) is 16.2. The van der Waals surface area contributed by atoms with E-state index in [2.05, 4.69) is 52.0 Å². The van der Waals surface area contributed by atoms with Crippen molar-refractivity contribution in [2.45, 2.75) is 19.4 Å². The van der Waals surface area contributed by atoms with E-state index in [9.17, 15) is 4.39 Å². The number of halogens is 1. The van der Waals surface area contributed by atoms with Gasteiger partial charge >= 0.3 is 0 Å². The molecule has 1 aliphatic heterocycles. The molecule has 2 aromatic carbocycles. The van der Waals surface area contributed by atoms with Gasteiger partial charge in [-0.05, 0) is 51.7 Å². The van der Waals surface area contributed by atoms with E-state index in [1.165, 1.54) is 17.7 Å². The SMILES string of the molecule is CCc1ccc(C2=C[C@H](c3cccc(F)c3)n3nnnc3N2)cc1. The third kappa shape index (κ3) is 2.56. The van der Waals surface area contributed by atoms with E-state index in [0.29, 0.717) is 5.95 Å². The number of nitrogens with one attached hydrogen (secondary N) is 1. The average Bonchev–Trinajstić information content (AvgIpc) is 3.09. The van der Waals surface area contributed by atoms with Gasteiger partial charge in [0.15, 0.2) is 0 Å². The smallest absolute Gasteiger partial charge is 0.248 e. The van der Waals surface area contributed by atoms with Crippen molar-refractivity contribution in [3.63, 3.8) is 0 Å². The van der Waals surface area contributed by atoms with Crippen molar-refractivity contribution in [2.24, 2.45) is 0 Å². The highest BCUT2D eigenvalue weighted by Crippen LogP contribution is 2.31. The molecule has 1 aliphatic rings. The zero-order valence-electron chi connectivity index (χ0n) is 13.1. The Hall–Kier alpha value is -3.02. The van der Waals surface area contributed by atoms with Crippen LogP contribution < -0.4 is 5.32 Å². The molecule has 1 N–H and O–H groups in total. The van der Waals surface area contributed by atoms with Gasteiger partial charge in [0.25, 0.3) is 0 Å². The van der Waals surface area contributed by atoms with Gasteiger partial charge in [-0.25, -0.2) is 4.39 Å².